The van der Waals surface area contributed by atoms with Crippen LogP contribution >= 0.6 is 30.6 Å². The molecule has 0 amide bonds. The van der Waals surface area contributed by atoms with Crippen molar-refractivity contribution in [2.45, 2.75) is 6.55 Å². The molecule has 0 radical (unpaired) electrons. The lowest BCUT2D eigenvalue weighted by atomic mass is 11.8. The van der Waals surface area contributed by atoms with Gasteiger partial charge in [-0.15, -0.1) is 0 Å². The fourth-order valence-corrected chi connectivity index (χ4v) is 0. The standard InChI is InChI=1S/C2H6Br2OSi/c1-5-6(2,3)4/h1-2H3. The van der Waals surface area contributed by atoms with Crippen LogP contribution in [0.2, 0.25) is 6.55 Å². The third kappa shape index (κ3) is 5.14. The molecule has 38 valence electrons. The van der Waals surface area contributed by atoms with E-state index in [9.17, 15) is 0 Å². The Kier molecular flexibility index (Phi) is 2.91. The van der Waals surface area contributed by atoms with Gasteiger partial charge < -0.3 is 4.43 Å². The minimum Gasteiger partial charge on any atom is -0.402 e. The molecule has 0 atom stereocenters. The van der Waals surface area contributed by atoms with Crippen molar-refractivity contribution in [1.82, 2.24) is 0 Å². The van der Waals surface area contributed by atoms with Crippen LogP contribution in [-0.2, 0) is 4.43 Å². The van der Waals surface area contributed by atoms with Crippen LogP contribution in [0.25, 0.3) is 0 Å². The molecule has 0 rings (SSSR count). The third-order valence-corrected chi connectivity index (χ3v) is 3.02. The summed E-state index contributed by atoms with van der Waals surface area (Å²) in [6.45, 7) is 1.99. The summed E-state index contributed by atoms with van der Waals surface area (Å²) < 4.78 is 4.91. The lowest BCUT2D eigenvalue weighted by Crippen LogP contribution is -2.13. The van der Waals surface area contributed by atoms with Gasteiger partial charge in [0.1, 0.15) is 0 Å². The van der Waals surface area contributed by atoms with E-state index in [4.69, 9.17) is 4.43 Å². The Labute approximate surface area is 54.4 Å². The minimum absolute atomic E-state index is 1.51. The predicted octanol–water partition coefficient (Wildman–Crippen LogP) is 1.99. The number of hydrogen-bond acceptors (Lipinski definition) is 1. The van der Waals surface area contributed by atoms with Crippen molar-refractivity contribution in [3.63, 3.8) is 0 Å². The summed E-state index contributed by atoms with van der Waals surface area (Å²) in [6, 6.07) is 0. The van der Waals surface area contributed by atoms with Gasteiger partial charge in [-0.05, 0) is 6.55 Å². The third-order valence-electron chi connectivity index (χ3n) is 0.358. The summed E-state index contributed by atoms with van der Waals surface area (Å²) in [6.07, 6.45) is 0. The Balaban J connectivity index is 3.17. The van der Waals surface area contributed by atoms with Gasteiger partial charge in [0.2, 0.25) is 0 Å². The van der Waals surface area contributed by atoms with Crippen LogP contribution in [0.5, 0.6) is 0 Å². The molecule has 0 saturated heterocycles. The van der Waals surface area contributed by atoms with Crippen LogP contribution in [0.4, 0.5) is 0 Å². The first-order chi connectivity index (χ1) is 2.56. The highest BCUT2D eigenvalue weighted by Gasteiger charge is 2.16. The molecule has 0 heterocycles. The van der Waals surface area contributed by atoms with Gasteiger partial charge in [0, 0.05) is 7.11 Å². The molecule has 0 bridgehead atoms. The SMILES string of the molecule is CO[Si](C)(Br)Br. The molecule has 0 N–H and O–H groups in total. The van der Waals surface area contributed by atoms with Crippen molar-refractivity contribution in [3.05, 3.63) is 0 Å². The highest BCUT2D eigenvalue weighted by molar-refractivity contribution is 9.50. The molecule has 0 aromatic rings. The van der Waals surface area contributed by atoms with Crippen LogP contribution in [-0.4, -0.2) is 12.7 Å². The second kappa shape index (κ2) is 2.45. The van der Waals surface area contributed by atoms with Crippen molar-refractivity contribution in [1.29, 1.82) is 0 Å². The molecule has 4 heteroatoms. The smallest absolute Gasteiger partial charge is 0.332 e. The van der Waals surface area contributed by atoms with Crippen LogP contribution in [0.3, 0.4) is 0 Å². The molecular weight excluding hydrogens is 228 g/mol. The Morgan fingerprint density at radius 2 is 1.67 bits per heavy atom. The maximum absolute atomic E-state index is 4.91. The Morgan fingerprint density at radius 1 is 1.50 bits per heavy atom. The quantitative estimate of drug-likeness (QED) is 0.498. The number of rotatable bonds is 1. The minimum atomic E-state index is -1.51. The van der Waals surface area contributed by atoms with Crippen molar-refractivity contribution in [2.75, 3.05) is 7.11 Å². The monoisotopic (exact) mass is 232 g/mol. The van der Waals surface area contributed by atoms with E-state index in [1.807, 2.05) is 6.55 Å². The summed E-state index contributed by atoms with van der Waals surface area (Å²) >= 11 is 6.62. The normalized spacial score (nSPS) is 12.0. The zero-order valence-corrected chi connectivity index (χ0v) is 7.84. The maximum Gasteiger partial charge on any atom is 0.332 e. The molecule has 0 aliphatic heterocycles. The van der Waals surface area contributed by atoms with Gasteiger partial charge >= 0.3 is 5.56 Å². The van der Waals surface area contributed by atoms with E-state index in [0.717, 1.165) is 0 Å². The van der Waals surface area contributed by atoms with Crippen molar-refractivity contribution in [2.24, 2.45) is 0 Å². The van der Waals surface area contributed by atoms with Crippen molar-refractivity contribution < 1.29 is 4.43 Å². The fourth-order valence-electron chi connectivity index (χ4n) is 0. The molecule has 0 aliphatic rings. The molecule has 0 saturated carbocycles. The first-order valence-corrected chi connectivity index (χ1v) is 8.41. The average Bonchev–Trinajstić information content (AvgIpc) is 1.35. The van der Waals surface area contributed by atoms with E-state index >= 15 is 0 Å². The summed E-state index contributed by atoms with van der Waals surface area (Å²) in [4.78, 5) is 0. The van der Waals surface area contributed by atoms with Gasteiger partial charge in [0.25, 0.3) is 0 Å². The Morgan fingerprint density at radius 3 is 1.67 bits per heavy atom. The number of hydrogen-bond donors (Lipinski definition) is 0. The van der Waals surface area contributed by atoms with Crippen LogP contribution in [0.15, 0.2) is 0 Å². The lowest BCUT2D eigenvalue weighted by molar-refractivity contribution is 0.438. The van der Waals surface area contributed by atoms with Gasteiger partial charge in [-0.1, -0.05) is 30.6 Å². The van der Waals surface area contributed by atoms with E-state index in [-0.39, 0.29) is 0 Å². The second-order valence-electron chi connectivity index (χ2n) is 1.01. The molecule has 0 aromatic carbocycles. The molecule has 0 unspecified atom stereocenters. The molecule has 0 aliphatic carbocycles. The topological polar surface area (TPSA) is 9.23 Å². The molecule has 0 fully saturated rings. The second-order valence-corrected chi connectivity index (χ2v) is 15.3. The van der Waals surface area contributed by atoms with Gasteiger partial charge in [0.05, 0.1) is 0 Å². The van der Waals surface area contributed by atoms with Gasteiger partial charge in [-0.2, -0.15) is 0 Å². The lowest BCUT2D eigenvalue weighted by Gasteiger charge is -2.04. The summed E-state index contributed by atoms with van der Waals surface area (Å²) in [5.74, 6) is 0. The van der Waals surface area contributed by atoms with E-state index in [2.05, 4.69) is 30.6 Å². The van der Waals surface area contributed by atoms with Gasteiger partial charge in [-0.25, -0.2) is 0 Å². The molecule has 6 heavy (non-hydrogen) atoms. The molecular formula is C2H6Br2OSi. The van der Waals surface area contributed by atoms with E-state index in [1.54, 1.807) is 7.11 Å². The Bertz CT molecular complexity index is 41.3. The summed E-state index contributed by atoms with van der Waals surface area (Å²) in [7, 11) is 1.68. The zero-order chi connectivity index (χ0) is 5.21. The van der Waals surface area contributed by atoms with Crippen molar-refractivity contribution in [3.8, 4) is 0 Å². The van der Waals surface area contributed by atoms with Gasteiger partial charge in [-0.3, -0.25) is 0 Å². The van der Waals surface area contributed by atoms with Crippen LogP contribution in [0, 0.1) is 0 Å². The summed E-state index contributed by atoms with van der Waals surface area (Å²) in [5.41, 5.74) is -1.51. The van der Waals surface area contributed by atoms with E-state index < -0.39 is 5.56 Å². The molecule has 1 nitrogen and oxygen atoms in total. The van der Waals surface area contributed by atoms with Crippen LogP contribution in [0.1, 0.15) is 0 Å². The first kappa shape index (κ1) is 7.14. The van der Waals surface area contributed by atoms with Crippen molar-refractivity contribution >= 4 is 36.1 Å². The summed E-state index contributed by atoms with van der Waals surface area (Å²) in [5, 5.41) is 0. The zero-order valence-electron chi connectivity index (χ0n) is 3.66. The Hall–Kier alpha value is 1.14. The number of halogens is 2. The van der Waals surface area contributed by atoms with E-state index in [0.29, 0.717) is 0 Å². The highest BCUT2D eigenvalue weighted by atomic mass is 79.9. The molecule has 0 aromatic heterocycles. The predicted molar refractivity (Wildman–Crippen MR) is 36.5 cm³/mol. The highest BCUT2D eigenvalue weighted by Crippen LogP contribution is 2.18. The van der Waals surface area contributed by atoms with Crippen LogP contribution < -0.4 is 0 Å². The van der Waals surface area contributed by atoms with Gasteiger partial charge in [0.15, 0.2) is 0 Å². The largest absolute Gasteiger partial charge is 0.402 e. The first-order valence-electron chi connectivity index (χ1n) is 1.49. The van der Waals surface area contributed by atoms with E-state index in [1.165, 1.54) is 0 Å². The molecule has 0 spiro atoms. The fraction of sp³-hybridized carbons (Fsp3) is 1.00. The average molecular weight is 234 g/mol. The maximum atomic E-state index is 4.91.